The van der Waals surface area contributed by atoms with Crippen LogP contribution in [0.2, 0.25) is 0 Å². The minimum absolute atomic E-state index is 0.0164. The molecule has 2 unspecified atom stereocenters. The number of para-hydroxylation sites is 1. The highest BCUT2D eigenvalue weighted by molar-refractivity contribution is 5.76. The predicted molar refractivity (Wildman–Crippen MR) is 81.1 cm³/mol. The van der Waals surface area contributed by atoms with E-state index < -0.39 is 0 Å². The molecule has 1 fully saturated rings. The topological polar surface area (TPSA) is 61.8 Å². The van der Waals surface area contributed by atoms with Crippen LogP contribution in [0, 0.1) is 0 Å². The van der Waals surface area contributed by atoms with Gasteiger partial charge in [0.15, 0.2) is 0 Å². The Morgan fingerprint density at radius 3 is 2.90 bits per heavy atom. The lowest BCUT2D eigenvalue weighted by atomic mass is 9.98. The zero-order valence-electron chi connectivity index (χ0n) is 12.7. The number of aromatic hydroxyl groups is 1. The predicted octanol–water partition coefficient (Wildman–Crippen LogP) is 1.68. The Balaban J connectivity index is 2.25. The van der Waals surface area contributed by atoms with Crippen molar-refractivity contribution in [3.8, 4) is 5.75 Å². The van der Waals surface area contributed by atoms with Crippen LogP contribution in [-0.2, 0) is 9.53 Å². The summed E-state index contributed by atoms with van der Waals surface area (Å²) in [6.07, 6.45) is 0.827. The maximum Gasteiger partial charge on any atom is 0.324 e. The summed E-state index contributed by atoms with van der Waals surface area (Å²) in [4.78, 5) is 14.3. The van der Waals surface area contributed by atoms with E-state index in [1.807, 2.05) is 25.1 Å². The first kappa shape index (κ1) is 15.8. The number of carbonyl (C=O) groups excluding carboxylic acids is 1. The summed E-state index contributed by atoms with van der Waals surface area (Å²) < 4.78 is 5.19. The molecule has 0 amide bonds. The third-order valence-corrected chi connectivity index (χ3v) is 3.93. The van der Waals surface area contributed by atoms with Gasteiger partial charge >= 0.3 is 5.97 Å². The molecule has 1 saturated heterocycles. The second-order valence-electron chi connectivity index (χ2n) is 5.19. The number of nitrogens with one attached hydrogen (secondary N) is 1. The Bertz CT molecular complexity index is 478. The van der Waals surface area contributed by atoms with E-state index in [-0.39, 0.29) is 23.8 Å². The fourth-order valence-corrected chi connectivity index (χ4v) is 2.95. The zero-order valence-corrected chi connectivity index (χ0v) is 12.7. The first-order valence-electron chi connectivity index (χ1n) is 7.60. The van der Waals surface area contributed by atoms with Crippen LogP contribution in [0.4, 0.5) is 0 Å². The summed E-state index contributed by atoms with van der Waals surface area (Å²) in [7, 11) is 0. The molecule has 5 nitrogen and oxygen atoms in total. The van der Waals surface area contributed by atoms with Crippen LogP contribution in [0.3, 0.4) is 0 Å². The Hall–Kier alpha value is -1.59. The van der Waals surface area contributed by atoms with Gasteiger partial charge in [0.2, 0.25) is 0 Å². The van der Waals surface area contributed by atoms with Gasteiger partial charge in [-0.1, -0.05) is 25.1 Å². The van der Waals surface area contributed by atoms with Crippen molar-refractivity contribution in [1.29, 1.82) is 0 Å². The Morgan fingerprint density at radius 1 is 1.48 bits per heavy atom. The fourth-order valence-electron chi connectivity index (χ4n) is 2.95. The van der Waals surface area contributed by atoms with Crippen LogP contribution in [0.25, 0.3) is 0 Å². The number of hydrogen-bond acceptors (Lipinski definition) is 5. The van der Waals surface area contributed by atoms with Crippen molar-refractivity contribution in [3.63, 3.8) is 0 Å². The molecule has 0 saturated carbocycles. The van der Waals surface area contributed by atoms with Gasteiger partial charge in [-0.05, 0) is 19.4 Å². The third kappa shape index (κ3) is 3.54. The van der Waals surface area contributed by atoms with Crippen molar-refractivity contribution < 1.29 is 14.6 Å². The number of esters is 1. The average molecular weight is 292 g/mol. The van der Waals surface area contributed by atoms with Crippen molar-refractivity contribution in [2.45, 2.75) is 32.4 Å². The van der Waals surface area contributed by atoms with Crippen LogP contribution in [0.15, 0.2) is 24.3 Å². The van der Waals surface area contributed by atoms with E-state index >= 15 is 0 Å². The molecule has 2 rings (SSSR count). The minimum Gasteiger partial charge on any atom is -0.508 e. The monoisotopic (exact) mass is 292 g/mol. The molecule has 116 valence electrons. The number of piperazine rings is 1. The molecule has 0 bridgehead atoms. The van der Waals surface area contributed by atoms with E-state index in [2.05, 4.69) is 17.1 Å². The first-order valence-corrected chi connectivity index (χ1v) is 7.60. The molecular weight excluding hydrogens is 268 g/mol. The van der Waals surface area contributed by atoms with Crippen LogP contribution in [-0.4, -0.2) is 48.3 Å². The van der Waals surface area contributed by atoms with Gasteiger partial charge < -0.3 is 15.2 Å². The summed E-state index contributed by atoms with van der Waals surface area (Å²) in [5.74, 6) is 0.0871. The van der Waals surface area contributed by atoms with E-state index in [4.69, 9.17) is 4.74 Å². The average Bonchev–Trinajstić information content (AvgIpc) is 2.50. The fraction of sp³-hybridized carbons (Fsp3) is 0.562. The molecule has 21 heavy (non-hydrogen) atoms. The molecule has 1 aliphatic heterocycles. The lowest BCUT2D eigenvalue weighted by Crippen LogP contribution is -2.56. The number of carbonyl (C=O) groups is 1. The highest BCUT2D eigenvalue weighted by Gasteiger charge is 2.35. The van der Waals surface area contributed by atoms with Gasteiger partial charge in [-0.25, -0.2) is 0 Å². The van der Waals surface area contributed by atoms with E-state index in [0.29, 0.717) is 13.2 Å². The summed E-state index contributed by atoms with van der Waals surface area (Å²) in [5, 5.41) is 13.4. The van der Waals surface area contributed by atoms with Crippen LogP contribution < -0.4 is 5.32 Å². The zero-order chi connectivity index (χ0) is 15.2. The smallest absolute Gasteiger partial charge is 0.324 e. The molecule has 0 radical (unpaired) electrons. The molecule has 1 aromatic carbocycles. The highest BCUT2D eigenvalue weighted by Crippen LogP contribution is 2.32. The molecular formula is C16H24N2O3. The van der Waals surface area contributed by atoms with Crippen LogP contribution in [0.5, 0.6) is 5.75 Å². The normalized spacial score (nSPS) is 21.0. The maximum absolute atomic E-state index is 12.2. The van der Waals surface area contributed by atoms with Gasteiger partial charge in [-0.2, -0.15) is 0 Å². The number of ether oxygens (including phenoxy) is 1. The van der Waals surface area contributed by atoms with E-state index in [1.54, 1.807) is 6.07 Å². The third-order valence-electron chi connectivity index (χ3n) is 3.93. The number of phenolic OH excluding ortho intramolecular Hbond substituents is 1. The van der Waals surface area contributed by atoms with Crippen LogP contribution in [0.1, 0.15) is 31.9 Å². The molecule has 0 aromatic heterocycles. The van der Waals surface area contributed by atoms with Crippen molar-refractivity contribution in [2.24, 2.45) is 0 Å². The molecule has 2 atom stereocenters. The van der Waals surface area contributed by atoms with Crippen molar-refractivity contribution >= 4 is 5.97 Å². The summed E-state index contributed by atoms with van der Waals surface area (Å²) >= 11 is 0. The number of benzene rings is 1. The molecule has 1 aliphatic rings. The highest BCUT2D eigenvalue weighted by atomic mass is 16.5. The summed E-state index contributed by atoms with van der Waals surface area (Å²) in [5.41, 5.74) is 0.871. The van der Waals surface area contributed by atoms with Gasteiger partial charge in [0, 0.05) is 31.2 Å². The van der Waals surface area contributed by atoms with Gasteiger partial charge in [-0.3, -0.25) is 9.69 Å². The quantitative estimate of drug-likeness (QED) is 0.809. The molecule has 1 aromatic rings. The second kappa shape index (κ2) is 7.43. The standard InChI is InChI=1S/C16H24N2O3/c1-3-13(12-7-5-6-8-15(12)19)18-10-9-17-11-14(18)16(20)21-4-2/h5-8,13-14,17,19H,3-4,9-11H2,1-2H3. The van der Waals surface area contributed by atoms with Crippen LogP contribution >= 0.6 is 0 Å². The largest absolute Gasteiger partial charge is 0.508 e. The Labute approximate surface area is 125 Å². The molecule has 0 aliphatic carbocycles. The van der Waals surface area contributed by atoms with Gasteiger partial charge in [0.05, 0.1) is 6.61 Å². The second-order valence-corrected chi connectivity index (χ2v) is 5.19. The molecule has 2 N–H and O–H groups in total. The number of nitrogens with zero attached hydrogens (tertiary/aromatic N) is 1. The van der Waals surface area contributed by atoms with Gasteiger partial charge in [0.25, 0.3) is 0 Å². The number of phenols is 1. The van der Waals surface area contributed by atoms with Crippen molar-refractivity contribution in [1.82, 2.24) is 10.2 Å². The molecule has 5 heteroatoms. The first-order chi connectivity index (χ1) is 10.2. The number of rotatable bonds is 5. The Morgan fingerprint density at radius 2 is 2.24 bits per heavy atom. The minimum atomic E-state index is -0.303. The van der Waals surface area contributed by atoms with Gasteiger partial charge in [0.1, 0.15) is 11.8 Å². The van der Waals surface area contributed by atoms with Crippen molar-refractivity contribution in [3.05, 3.63) is 29.8 Å². The molecule has 1 heterocycles. The molecule has 0 spiro atoms. The number of hydrogen-bond donors (Lipinski definition) is 2. The SMILES string of the molecule is CCOC(=O)C1CNCCN1C(CC)c1ccccc1O. The summed E-state index contributed by atoms with van der Waals surface area (Å²) in [6.45, 7) is 6.45. The summed E-state index contributed by atoms with van der Waals surface area (Å²) in [6, 6.07) is 7.06. The van der Waals surface area contributed by atoms with E-state index in [1.165, 1.54) is 0 Å². The Kier molecular flexibility index (Phi) is 5.59. The van der Waals surface area contributed by atoms with Gasteiger partial charge in [-0.15, -0.1) is 0 Å². The van der Waals surface area contributed by atoms with E-state index in [0.717, 1.165) is 25.1 Å². The lowest BCUT2D eigenvalue weighted by Gasteiger charge is -2.40. The lowest BCUT2D eigenvalue weighted by molar-refractivity contribution is -0.151. The maximum atomic E-state index is 12.2. The van der Waals surface area contributed by atoms with E-state index in [9.17, 15) is 9.90 Å². The van der Waals surface area contributed by atoms with Crippen molar-refractivity contribution in [2.75, 3.05) is 26.2 Å².